The molecular formula is C26H19N3. The molecule has 138 valence electrons. The Morgan fingerprint density at radius 1 is 0.828 bits per heavy atom. The number of aryl methyl sites for hydroxylation is 2. The van der Waals surface area contributed by atoms with Gasteiger partial charge in [-0.15, -0.1) is 0 Å². The summed E-state index contributed by atoms with van der Waals surface area (Å²) in [6.45, 7) is 4.23. The molecule has 5 aromatic rings. The molecule has 0 unspecified atom stereocenters. The first kappa shape index (κ1) is 17.2. The number of rotatable bonds is 2. The normalized spacial score (nSPS) is 11.1. The van der Waals surface area contributed by atoms with E-state index in [1.165, 1.54) is 27.4 Å². The van der Waals surface area contributed by atoms with Crippen LogP contribution in [-0.2, 0) is 0 Å². The maximum atomic E-state index is 9.74. The van der Waals surface area contributed by atoms with Crippen LogP contribution in [0.25, 0.3) is 38.6 Å². The van der Waals surface area contributed by atoms with Gasteiger partial charge in [-0.05, 0) is 60.9 Å². The van der Waals surface area contributed by atoms with E-state index in [0.29, 0.717) is 5.56 Å². The van der Waals surface area contributed by atoms with E-state index in [2.05, 4.69) is 78.0 Å². The van der Waals surface area contributed by atoms with Crippen molar-refractivity contribution in [2.45, 2.75) is 13.8 Å². The number of fused-ring (bicyclic) bond motifs is 3. The summed E-state index contributed by atoms with van der Waals surface area (Å²) in [7, 11) is 0. The van der Waals surface area contributed by atoms with Gasteiger partial charge in [0.15, 0.2) is 0 Å². The van der Waals surface area contributed by atoms with Gasteiger partial charge in [-0.3, -0.25) is 4.98 Å². The van der Waals surface area contributed by atoms with Crippen LogP contribution >= 0.6 is 0 Å². The Hall–Kier alpha value is -3.90. The molecule has 0 aliphatic heterocycles. The molecule has 0 amide bonds. The quantitative estimate of drug-likeness (QED) is 0.362. The van der Waals surface area contributed by atoms with Gasteiger partial charge >= 0.3 is 0 Å². The van der Waals surface area contributed by atoms with Crippen LogP contribution in [0.5, 0.6) is 0 Å². The van der Waals surface area contributed by atoms with Gasteiger partial charge < -0.3 is 4.57 Å². The Kier molecular flexibility index (Phi) is 3.93. The van der Waals surface area contributed by atoms with Gasteiger partial charge in [0.1, 0.15) is 0 Å². The Morgan fingerprint density at radius 2 is 1.59 bits per heavy atom. The largest absolute Gasteiger partial charge is 0.309 e. The Balaban J connectivity index is 1.92. The predicted molar refractivity (Wildman–Crippen MR) is 118 cm³/mol. The first-order valence-corrected chi connectivity index (χ1v) is 9.63. The van der Waals surface area contributed by atoms with Gasteiger partial charge in [0.25, 0.3) is 0 Å². The molecule has 5 rings (SSSR count). The molecule has 2 aromatic heterocycles. The molecule has 0 fully saturated rings. The highest BCUT2D eigenvalue weighted by atomic mass is 15.0. The topological polar surface area (TPSA) is 41.6 Å². The van der Waals surface area contributed by atoms with Crippen LogP contribution in [-0.4, -0.2) is 9.55 Å². The minimum absolute atomic E-state index is 0.676. The van der Waals surface area contributed by atoms with Gasteiger partial charge in [-0.2, -0.15) is 5.26 Å². The summed E-state index contributed by atoms with van der Waals surface area (Å²) in [6.07, 6.45) is 3.53. The summed E-state index contributed by atoms with van der Waals surface area (Å²) in [5.74, 6) is 0. The molecule has 3 aromatic carbocycles. The van der Waals surface area contributed by atoms with Crippen molar-refractivity contribution in [3.63, 3.8) is 0 Å². The molecule has 0 aliphatic rings. The van der Waals surface area contributed by atoms with Crippen LogP contribution in [0.3, 0.4) is 0 Å². The zero-order valence-corrected chi connectivity index (χ0v) is 16.3. The Bertz CT molecular complexity index is 1420. The molecule has 0 bridgehead atoms. The fourth-order valence-corrected chi connectivity index (χ4v) is 4.24. The Morgan fingerprint density at radius 3 is 2.38 bits per heavy atom. The minimum Gasteiger partial charge on any atom is -0.309 e. The summed E-state index contributed by atoms with van der Waals surface area (Å²) >= 11 is 0. The number of nitriles is 1. The molecule has 0 saturated heterocycles. The van der Waals surface area contributed by atoms with Crippen LogP contribution in [0.4, 0.5) is 0 Å². The molecule has 0 aliphatic carbocycles. The van der Waals surface area contributed by atoms with Crippen LogP contribution in [0.15, 0.2) is 79.1 Å². The zero-order valence-electron chi connectivity index (χ0n) is 16.3. The number of hydrogen-bond acceptors (Lipinski definition) is 2. The molecule has 3 heteroatoms. The smallest absolute Gasteiger partial charge is 0.0998 e. The average molecular weight is 373 g/mol. The third-order valence-electron chi connectivity index (χ3n) is 5.59. The highest BCUT2D eigenvalue weighted by Gasteiger charge is 2.17. The fraction of sp³-hybridized carbons (Fsp3) is 0.0769. The zero-order chi connectivity index (χ0) is 20.0. The minimum atomic E-state index is 0.676. The summed E-state index contributed by atoms with van der Waals surface area (Å²) in [4.78, 5) is 4.12. The summed E-state index contributed by atoms with van der Waals surface area (Å²) in [5, 5.41) is 12.2. The van der Waals surface area contributed by atoms with Crippen molar-refractivity contribution in [2.75, 3.05) is 0 Å². The van der Waals surface area contributed by atoms with Crippen molar-refractivity contribution >= 4 is 21.8 Å². The van der Waals surface area contributed by atoms with Crippen LogP contribution in [0, 0.1) is 25.2 Å². The van der Waals surface area contributed by atoms with Gasteiger partial charge in [-0.1, -0.05) is 36.4 Å². The highest BCUT2D eigenvalue weighted by Crippen LogP contribution is 2.36. The third kappa shape index (κ3) is 2.61. The number of nitrogens with zero attached hydrogens (tertiary/aromatic N) is 3. The fourth-order valence-electron chi connectivity index (χ4n) is 4.24. The second-order valence-corrected chi connectivity index (χ2v) is 7.36. The molecule has 0 radical (unpaired) electrons. The summed E-state index contributed by atoms with van der Waals surface area (Å²) in [6, 6.07) is 25.4. The van der Waals surface area contributed by atoms with E-state index in [1.54, 1.807) is 12.4 Å². The van der Waals surface area contributed by atoms with Gasteiger partial charge in [0.2, 0.25) is 0 Å². The molecule has 29 heavy (non-hydrogen) atoms. The Labute approximate surface area is 169 Å². The number of para-hydroxylation sites is 2. The number of pyridine rings is 1. The van der Waals surface area contributed by atoms with Crippen LogP contribution in [0.1, 0.15) is 16.7 Å². The monoisotopic (exact) mass is 373 g/mol. The van der Waals surface area contributed by atoms with Crippen molar-refractivity contribution in [3.8, 4) is 22.9 Å². The van der Waals surface area contributed by atoms with E-state index in [4.69, 9.17) is 0 Å². The van der Waals surface area contributed by atoms with Crippen molar-refractivity contribution in [1.29, 1.82) is 5.26 Å². The highest BCUT2D eigenvalue weighted by molar-refractivity contribution is 6.10. The second-order valence-electron chi connectivity index (χ2n) is 7.36. The molecule has 0 spiro atoms. The molecule has 3 nitrogen and oxygen atoms in total. The first-order valence-electron chi connectivity index (χ1n) is 9.63. The van der Waals surface area contributed by atoms with Gasteiger partial charge in [-0.25, -0.2) is 0 Å². The molecule has 0 N–H and O–H groups in total. The van der Waals surface area contributed by atoms with Gasteiger partial charge in [0, 0.05) is 34.4 Å². The number of benzene rings is 3. The lowest BCUT2D eigenvalue weighted by Gasteiger charge is -2.15. The van der Waals surface area contributed by atoms with Crippen molar-refractivity contribution in [1.82, 2.24) is 9.55 Å². The first-order chi connectivity index (χ1) is 14.2. The van der Waals surface area contributed by atoms with Crippen molar-refractivity contribution in [3.05, 3.63) is 95.8 Å². The van der Waals surface area contributed by atoms with E-state index >= 15 is 0 Å². The number of aromatic nitrogens is 2. The SMILES string of the molecule is Cc1cc(C#N)c(-c2ccncc2)cc1-n1c2ccccc2c2cccc(C)c21. The standard InChI is InChI=1S/C26H19N3/c1-17-6-5-8-22-21-7-3-4-9-24(21)29(26(17)22)25-15-23(19-10-12-28-13-11-19)20(16-27)14-18(25)2/h3-15H,1-2H3. The molecule has 0 atom stereocenters. The molecule has 0 saturated carbocycles. The summed E-state index contributed by atoms with van der Waals surface area (Å²) < 4.78 is 2.33. The number of hydrogen-bond donors (Lipinski definition) is 0. The van der Waals surface area contributed by atoms with E-state index in [1.807, 2.05) is 18.2 Å². The van der Waals surface area contributed by atoms with Gasteiger partial charge in [0.05, 0.1) is 22.7 Å². The van der Waals surface area contributed by atoms with Crippen LogP contribution < -0.4 is 0 Å². The second kappa shape index (κ2) is 6.61. The van der Waals surface area contributed by atoms with E-state index in [-0.39, 0.29) is 0 Å². The lowest BCUT2D eigenvalue weighted by atomic mass is 9.97. The van der Waals surface area contributed by atoms with E-state index < -0.39 is 0 Å². The maximum absolute atomic E-state index is 9.74. The lowest BCUT2D eigenvalue weighted by molar-refractivity contribution is 1.14. The van der Waals surface area contributed by atoms with E-state index in [0.717, 1.165) is 22.4 Å². The average Bonchev–Trinajstić information content (AvgIpc) is 3.10. The van der Waals surface area contributed by atoms with E-state index in [9.17, 15) is 5.26 Å². The summed E-state index contributed by atoms with van der Waals surface area (Å²) in [5.41, 5.74) is 8.38. The van der Waals surface area contributed by atoms with Crippen LogP contribution in [0.2, 0.25) is 0 Å². The maximum Gasteiger partial charge on any atom is 0.0998 e. The predicted octanol–water partition coefficient (Wildman–Crippen LogP) is 6.33. The molecular weight excluding hydrogens is 354 g/mol. The molecule has 2 heterocycles. The third-order valence-corrected chi connectivity index (χ3v) is 5.59. The van der Waals surface area contributed by atoms with Crippen molar-refractivity contribution in [2.24, 2.45) is 0 Å². The van der Waals surface area contributed by atoms with Crippen molar-refractivity contribution < 1.29 is 0 Å². The lowest BCUT2D eigenvalue weighted by Crippen LogP contribution is -2.00.